The molecular weight excluding hydrogens is 252 g/mol. The van der Waals surface area contributed by atoms with Crippen LogP contribution in [0.5, 0.6) is 0 Å². The highest BCUT2D eigenvalue weighted by Crippen LogP contribution is 2.24. The van der Waals surface area contributed by atoms with Crippen LogP contribution in [0.1, 0.15) is 0 Å². The predicted molar refractivity (Wildman–Crippen MR) is 74.8 cm³/mol. The van der Waals surface area contributed by atoms with E-state index in [-0.39, 0.29) is 0 Å². The van der Waals surface area contributed by atoms with Crippen LogP contribution >= 0.6 is 0 Å². The molecular formula is C15H10N4O. The van der Waals surface area contributed by atoms with Gasteiger partial charge in [-0.2, -0.15) is 4.98 Å². The molecule has 0 saturated heterocycles. The number of rotatable bonds is 2. The molecule has 4 rings (SSSR count). The van der Waals surface area contributed by atoms with Crippen molar-refractivity contribution in [2.24, 2.45) is 0 Å². The molecule has 1 N–H and O–H groups in total. The fourth-order valence-corrected chi connectivity index (χ4v) is 2.12. The predicted octanol–water partition coefficient (Wildman–Crippen LogP) is 3.28. The lowest BCUT2D eigenvalue weighted by Crippen LogP contribution is -1.84. The summed E-state index contributed by atoms with van der Waals surface area (Å²) in [7, 11) is 0. The highest BCUT2D eigenvalue weighted by Gasteiger charge is 2.13. The molecule has 0 bridgehead atoms. The minimum atomic E-state index is 0.460. The zero-order chi connectivity index (χ0) is 13.4. The average Bonchev–Trinajstić information content (AvgIpc) is 3.14. The van der Waals surface area contributed by atoms with Gasteiger partial charge in [0.1, 0.15) is 11.4 Å². The minimum Gasteiger partial charge on any atom is -0.351 e. The van der Waals surface area contributed by atoms with E-state index in [1.54, 1.807) is 6.20 Å². The molecule has 0 saturated carbocycles. The molecule has 0 aliphatic heterocycles. The number of aromatic nitrogens is 4. The van der Waals surface area contributed by atoms with Gasteiger partial charge in [0, 0.05) is 17.1 Å². The third-order valence-corrected chi connectivity index (χ3v) is 3.08. The standard InChI is InChI=1S/C15H10N4O/c1-2-6-11-10(5-1)9-13(17-11)15-18-14(19-20-15)12-7-3-4-8-16-12/h1-9,17H. The van der Waals surface area contributed by atoms with Crippen molar-refractivity contribution in [1.82, 2.24) is 20.1 Å². The Labute approximate surface area is 114 Å². The van der Waals surface area contributed by atoms with Crippen LogP contribution in [0, 0.1) is 0 Å². The number of hydrogen-bond donors (Lipinski definition) is 1. The van der Waals surface area contributed by atoms with Gasteiger partial charge in [0.05, 0.1) is 0 Å². The Bertz CT molecular complexity index is 831. The van der Waals surface area contributed by atoms with E-state index in [2.05, 4.69) is 20.1 Å². The quantitative estimate of drug-likeness (QED) is 0.602. The molecule has 1 aromatic carbocycles. The van der Waals surface area contributed by atoms with Crippen LogP contribution in [0.25, 0.3) is 34.0 Å². The first kappa shape index (κ1) is 10.9. The average molecular weight is 262 g/mol. The summed E-state index contributed by atoms with van der Waals surface area (Å²) < 4.78 is 5.30. The van der Waals surface area contributed by atoms with Gasteiger partial charge in [0.15, 0.2) is 0 Å². The summed E-state index contributed by atoms with van der Waals surface area (Å²) in [5.41, 5.74) is 2.54. The minimum absolute atomic E-state index is 0.460. The third-order valence-electron chi connectivity index (χ3n) is 3.08. The number of hydrogen-bond acceptors (Lipinski definition) is 4. The van der Waals surface area contributed by atoms with E-state index in [4.69, 9.17) is 4.52 Å². The van der Waals surface area contributed by atoms with Crippen molar-refractivity contribution in [2.75, 3.05) is 0 Å². The van der Waals surface area contributed by atoms with Crippen LogP contribution in [-0.4, -0.2) is 20.1 Å². The fraction of sp³-hybridized carbons (Fsp3) is 0. The molecule has 0 radical (unpaired) electrons. The van der Waals surface area contributed by atoms with Gasteiger partial charge in [0.25, 0.3) is 5.89 Å². The number of para-hydroxylation sites is 1. The summed E-state index contributed by atoms with van der Waals surface area (Å²) in [6.45, 7) is 0. The summed E-state index contributed by atoms with van der Waals surface area (Å²) in [6.07, 6.45) is 1.70. The van der Waals surface area contributed by atoms with Crippen molar-refractivity contribution in [3.63, 3.8) is 0 Å². The number of nitrogens with one attached hydrogen (secondary N) is 1. The lowest BCUT2D eigenvalue weighted by Gasteiger charge is -1.89. The first-order chi connectivity index (χ1) is 9.90. The van der Waals surface area contributed by atoms with Crippen molar-refractivity contribution in [3.8, 4) is 23.1 Å². The van der Waals surface area contributed by atoms with E-state index in [1.807, 2.05) is 48.5 Å². The summed E-state index contributed by atoms with van der Waals surface area (Å²) >= 11 is 0. The van der Waals surface area contributed by atoms with Crippen molar-refractivity contribution >= 4 is 10.9 Å². The lowest BCUT2D eigenvalue weighted by molar-refractivity contribution is 0.431. The Kier molecular flexibility index (Phi) is 2.35. The van der Waals surface area contributed by atoms with Gasteiger partial charge >= 0.3 is 0 Å². The van der Waals surface area contributed by atoms with Crippen LogP contribution in [0.4, 0.5) is 0 Å². The SMILES string of the molecule is c1ccc(-c2noc(-c3cc4ccccc4[nH]3)n2)nc1. The van der Waals surface area contributed by atoms with Gasteiger partial charge < -0.3 is 9.51 Å². The van der Waals surface area contributed by atoms with Gasteiger partial charge in [0.2, 0.25) is 5.82 Å². The van der Waals surface area contributed by atoms with Crippen molar-refractivity contribution in [1.29, 1.82) is 0 Å². The highest BCUT2D eigenvalue weighted by atomic mass is 16.5. The molecule has 3 heterocycles. The second-order valence-corrected chi connectivity index (χ2v) is 4.41. The van der Waals surface area contributed by atoms with Gasteiger partial charge in [-0.15, -0.1) is 0 Å². The Morgan fingerprint density at radius 3 is 2.75 bits per heavy atom. The smallest absolute Gasteiger partial charge is 0.274 e. The normalized spacial score (nSPS) is 11.0. The molecule has 0 atom stereocenters. The topological polar surface area (TPSA) is 67.6 Å². The van der Waals surface area contributed by atoms with E-state index in [0.29, 0.717) is 17.4 Å². The van der Waals surface area contributed by atoms with Gasteiger partial charge in [-0.25, -0.2) is 0 Å². The number of aromatic amines is 1. The molecule has 96 valence electrons. The Morgan fingerprint density at radius 1 is 1.00 bits per heavy atom. The molecule has 0 amide bonds. The number of pyridine rings is 1. The molecule has 0 aliphatic carbocycles. The van der Waals surface area contributed by atoms with Gasteiger partial charge in [-0.3, -0.25) is 4.98 Å². The highest BCUT2D eigenvalue weighted by molar-refractivity contribution is 5.84. The molecule has 5 heteroatoms. The monoisotopic (exact) mass is 262 g/mol. The maximum atomic E-state index is 5.30. The molecule has 0 spiro atoms. The largest absolute Gasteiger partial charge is 0.351 e. The molecule has 4 aromatic rings. The molecule has 0 fully saturated rings. The van der Waals surface area contributed by atoms with Crippen LogP contribution in [0.2, 0.25) is 0 Å². The van der Waals surface area contributed by atoms with Crippen LogP contribution in [0.3, 0.4) is 0 Å². The third kappa shape index (κ3) is 1.76. The first-order valence-corrected chi connectivity index (χ1v) is 6.23. The Hall–Kier alpha value is -2.95. The zero-order valence-corrected chi connectivity index (χ0v) is 10.4. The Morgan fingerprint density at radius 2 is 1.90 bits per heavy atom. The van der Waals surface area contributed by atoms with Crippen molar-refractivity contribution < 1.29 is 4.52 Å². The molecule has 0 unspecified atom stereocenters. The van der Waals surface area contributed by atoms with E-state index < -0.39 is 0 Å². The summed E-state index contributed by atoms with van der Waals surface area (Å²) in [6, 6.07) is 15.6. The summed E-state index contributed by atoms with van der Waals surface area (Å²) in [5.74, 6) is 0.945. The maximum absolute atomic E-state index is 5.30. The van der Waals surface area contributed by atoms with Crippen molar-refractivity contribution in [2.45, 2.75) is 0 Å². The number of nitrogens with zero attached hydrogens (tertiary/aromatic N) is 3. The number of benzene rings is 1. The van der Waals surface area contributed by atoms with E-state index in [9.17, 15) is 0 Å². The molecule has 0 aliphatic rings. The second kappa shape index (κ2) is 4.31. The second-order valence-electron chi connectivity index (χ2n) is 4.41. The first-order valence-electron chi connectivity index (χ1n) is 6.23. The molecule has 3 aromatic heterocycles. The Balaban J connectivity index is 1.78. The van der Waals surface area contributed by atoms with Crippen LogP contribution in [-0.2, 0) is 0 Å². The maximum Gasteiger partial charge on any atom is 0.274 e. The fourth-order valence-electron chi connectivity index (χ4n) is 2.12. The number of H-pyrrole nitrogens is 1. The van der Waals surface area contributed by atoms with Crippen LogP contribution < -0.4 is 0 Å². The van der Waals surface area contributed by atoms with Crippen molar-refractivity contribution in [3.05, 3.63) is 54.7 Å². The summed E-state index contributed by atoms with van der Waals surface area (Å²) in [4.78, 5) is 11.8. The van der Waals surface area contributed by atoms with E-state index >= 15 is 0 Å². The lowest BCUT2D eigenvalue weighted by atomic mass is 10.2. The number of fused-ring (bicyclic) bond motifs is 1. The van der Waals surface area contributed by atoms with Gasteiger partial charge in [-0.05, 0) is 24.3 Å². The van der Waals surface area contributed by atoms with E-state index in [1.165, 1.54) is 0 Å². The van der Waals surface area contributed by atoms with Gasteiger partial charge in [-0.1, -0.05) is 29.4 Å². The summed E-state index contributed by atoms with van der Waals surface area (Å²) in [5, 5.41) is 5.08. The van der Waals surface area contributed by atoms with E-state index in [0.717, 1.165) is 16.6 Å². The van der Waals surface area contributed by atoms with Crippen LogP contribution in [0.15, 0.2) is 59.3 Å². The molecule has 5 nitrogen and oxygen atoms in total. The molecule has 20 heavy (non-hydrogen) atoms. The zero-order valence-electron chi connectivity index (χ0n) is 10.4.